The number of benzene rings is 1. The van der Waals surface area contributed by atoms with Crippen LogP contribution in [0.3, 0.4) is 0 Å². The Balaban J connectivity index is 1.77. The third-order valence-corrected chi connectivity index (χ3v) is 3.34. The van der Waals surface area contributed by atoms with Crippen molar-refractivity contribution in [3.8, 4) is 0 Å². The predicted octanol–water partition coefficient (Wildman–Crippen LogP) is 3.74. The van der Waals surface area contributed by atoms with Gasteiger partial charge in [-0.2, -0.15) is 0 Å². The lowest BCUT2D eigenvalue weighted by Gasteiger charge is -2.19. The number of carbonyl (C=O) groups excluding carboxylic acids is 2. The minimum atomic E-state index is -0.470. The molecule has 1 aromatic rings. The summed E-state index contributed by atoms with van der Waals surface area (Å²) in [6.07, 6.45) is 5.83. The van der Waals surface area contributed by atoms with E-state index in [9.17, 15) is 9.59 Å². The van der Waals surface area contributed by atoms with Crippen molar-refractivity contribution in [3.05, 3.63) is 41.0 Å². The molecule has 0 unspecified atom stereocenters. The molecule has 0 atom stereocenters. The summed E-state index contributed by atoms with van der Waals surface area (Å²) >= 11 is 0. The summed E-state index contributed by atoms with van der Waals surface area (Å²) in [7, 11) is 0. The maximum atomic E-state index is 11.6. The highest BCUT2D eigenvalue weighted by Crippen LogP contribution is 2.23. The molecule has 4 heteroatoms. The molecular weight excluding hydrogens is 278 g/mol. The topological polar surface area (TPSA) is 55.4 Å². The first-order valence-electron chi connectivity index (χ1n) is 7.65. The van der Waals surface area contributed by atoms with Crippen LogP contribution in [0.2, 0.25) is 0 Å². The number of ether oxygens (including phenoxy) is 1. The fourth-order valence-corrected chi connectivity index (χ4v) is 2.37. The van der Waals surface area contributed by atoms with Crippen LogP contribution in [0.15, 0.2) is 24.3 Å². The Kier molecular flexibility index (Phi) is 5.01. The number of nitrogens with one attached hydrogen (secondary N) is 1. The van der Waals surface area contributed by atoms with Gasteiger partial charge in [-0.15, -0.1) is 0 Å². The maximum Gasteiger partial charge on any atom is 0.407 e. The summed E-state index contributed by atoms with van der Waals surface area (Å²) in [6.45, 7) is 6.05. The summed E-state index contributed by atoms with van der Waals surface area (Å²) in [4.78, 5) is 23.0. The van der Waals surface area contributed by atoms with E-state index in [0.29, 0.717) is 13.0 Å². The van der Waals surface area contributed by atoms with Gasteiger partial charge in [0.15, 0.2) is 5.78 Å². The zero-order chi connectivity index (χ0) is 16.2. The van der Waals surface area contributed by atoms with Gasteiger partial charge in [-0.25, -0.2) is 4.79 Å². The number of alkyl carbamates (subject to hydrolysis) is 1. The molecule has 4 nitrogen and oxygen atoms in total. The number of carbonyl (C=O) groups is 2. The van der Waals surface area contributed by atoms with Crippen LogP contribution in [0, 0.1) is 0 Å². The van der Waals surface area contributed by atoms with Crippen LogP contribution < -0.4 is 5.32 Å². The van der Waals surface area contributed by atoms with Crippen molar-refractivity contribution in [1.82, 2.24) is 5.32 Å². The summed E-state index contributed by atoms with van der Waals surface area (Å²) in [5.74, 6) is 0.243. The third kappa shape index (κ3) is 4.72. The van der Waals surface area contributed by atoms with Gasteiger partial charge in [0.2, 0.25) is 0 Å². The van der Waals surface area contributed by atoms with Gasteiger partial charge in [-0.05, 0) is 44.7 Å². The second kappa shape index (κ2) is 6.77. The molecule has 0 spiro atoms. The molecule has 0 bridgehead atoms. The van der Waals surface area contributed by atoms with Crippen LogP contribution in [0.4, 0.5) is 4.79 Å². The van der Waals surface area contributed by atoms with Crippen molar-refractivity contribution in [1.29, 1.82) is 0 Å². The molecule has 0 saturated carbocycles. The van der Waals surface area contributed by atoms with E-state index in [4.69, 9.17) is 4.74 Å². The average Bonchev–Trinajstić information content (AvgIpc) is 2.77. The maximum absolute atomic E-state index is 11.6. The molecule has 0 aliphatic heterocycles. The Bertz CT molecular complexity index is 597. The number of hydrogen-bond acceptors (Lipinski definition) is 3. The van der Waals surface area contributed by atoms with Crippen molar-refractivity contribution in [2.45, 2.75) is 45.6 Å². The molecule has 22 heavy (non-hydrogen) atoms. The summed E-state index contributed by atoms with van der Waals surface area (Å²) in [5, 5.41) is 2.72. The van der Waals surface area contributed by atoms with Gasteiger partial charge in [0.25, 0.3) is 0 Å². The second-order valence-electron chi connectivity index (χ2n) is 6.46. The highest BCUT2D eigenvalue weighted by atomic mass is 16.6. The first-order chi connectivity index (χ1) is 10.3. The van der Waals surface area contributed by atoms with Gasteiger partial charge in [0, 0.05) is 18.5 Å². The molecule has 0 aromatic heterocycles. The first kappa shape index (κ1) is 16.3. The van der Waals surface area contributed by atoms with E-state index in [0.717, 1.165) is 29.5 Å². The molecule has 0 radical (unpaired) electrons. The van der Waals surface area contributed by atoms with Crippen LogP contribution in [-0.4, -0.2) is 24.0 Å². The van der Waals surface area contributed by atoms with Crippen LogP contribution in [0.5, 0.6) is 0 Å². The number of Topliss-reactive ketones (excluding diaryl/α,β-unsaturated/α-hetero) is 1. The van der Waals surface area contributed by atoms with Gasteiger partial charge >= 0.3 is 6.09 Å². The zero-order valence-electron chi connectivity index (χ0n) is 13.4. The monoisotopic (exact) mass is 301 g/mol. The van der Waals surface area contributed by atoms with E-state index in [1.54, 1.807) is 0 Å². The molecule has 1 aliphatic carbocycles. The lowest BCUT2D eigenvalue weighted by atomic mass is 10.1. The molecule has 2 rings (SSSR count). The normalized spacial score (nSPS) is 14.2. The summed E-state index contributed by atoms with van der Waals surface area (Å²) < 4.78 is 5.16. The summed E-state index contributed by atoms with van der Waals surface area (Å²) in [5.41, 5.74) is 2.62. The fraction of sp³-hybridized carbons (Fsp3) is 0.444. The summed E-state index contributed by atoms with van der Waals surface area (Å²) in [6, 6.07) is 5.93. The lowest BCUT2D eigenvalue weighted by molar-refractivity contribution is 0.0528. The number of hydrogen-bond donors (Lipinski definition) is 1. The largest absolute Gasteiger partial charge is 0.444 e. The van der Waals surface area contributed by atoms with Crippen LogP contribution >= 0.6 is 0 Å². The zero-order valence-corrected chi connectivity index (χ0v) is 13.4. The Morgan fingerprint density at radius 2 is 2.09 bits per heavy atom. The molecule has 0 heterocycles. The van der Waals surface area contributed by atoms with Gasteiger partial charge in [-0.3, -0.25) is 4.79 Å². The average molecular weight is 301 g/mol. The minimum absolute atomic E-state index is 0.243. The van der Waals surface area contributed by atoms with E-state index in [-0.39, 0.29) is 5.78 Å². The van der Waals surface area contributed by atoms with Crippen molar-refractivity contribution < 1.29 is 14.3 Å². The molecule has 1 aliphatic rings. The quantitative estimate of drug-likeness (QED) is 0.862. The lowest BCUT2D eigenvalue weighted by Crippen LogP contribution is -2.32. The third-order valence-electron chi connectivity index (χ3n) is 3.34. The number of fused-ring (bicyclic) bond motifs is 1. The molecule has 1 amide bonds. The van der Waals surface area contributed by atoms with Gasteiger partial charge in [0.05, 0.1) is 0 Å². The first-order valence-corrected chi connectivity index (χ1v) is 7.65. The van der Waals surface area contributed by atoms with Gasteiger partial charge in [-0.1, -0.05) is 30.4 Å². The Morgan fingerprint density at radius 1 is 1.32 bits per heavy atom. The van der Waals surface area contributed by atoms with Crippen molar-refractivity contribution >= 4 is 18.0 Å². The predicted molar refractivity (Wildman–Crippen MR) is 87.0 cm³/mol. The van der Waals surface area contributed by atoms with Crippen LogP contribution in [0.1, 0.15) is 55.1 Å². The highest BCUT2D eigenvalue weighted by Gasteiger charge is 2.18. The number of aryl methyl sites for hydroxylation is 1. The van der Waals surface area contributed by atoms with Gasteiger partial charge < -0.3 is 10.1 Å². The minimum Gasteiger partial charge on any atom is -0.444 e. The van der Waals surface area contributed by atoms with Crippen LogP contribution in [0.25, 0.3) is 6.08 Å². The van der Waals surface area contributed by atoms with Crippen molar-refractivity contribution in [3.63, 3.8) is 0 Å². The van der Waals surface area contributed by atoms with E-state index in [1.165, 1.54) is 0 Å². The smallest absolute Gasteiger partial charge is 0.407 e. The molecular formula is C18H23NO3. The highest BCUT2D eigenvalue weighted by molar-refractivity contribution is 6.00. The fourth-order valence-electron chi connectivity index (χ4n) is 2.37. The molecule has 0 saturated heterocycles. The Morgan fingerprint density at radius 3 is 2.82 bits per heavy atom. The molecule has 1 aromatic carbocycles. The van der Waals surface area contributed by atoms with E-state index in [1.807, 2.05) is 45.1 Å². The SMILES string of the molecule is CC(C)(C)OC(=O)NCCC=Cc1ccc2c(c1)CCC2=O. The molecule has 0 fully saturated rings. The van der Waals surface area contributed by atoms with E-state index >= 15 is 0 Å². The molecule has 1 N–H and O–H groups in total. The molecule has 118 valence electrons. The van der Waals surface area contributed by atoms with E-state index < -0.39 is 11.7 Å². The Labute approximate surface area is 131 Å². The van der Waals surface area contributed by atoms with E-state index in [2.05, 4.69) is 11.4 Å². The number of rotatable bonds is 4. The Hall–Kier alpha value is -2.10. The van der Waals surface area contributed by atoms with Crippen molar-refractivity contribution in [2.75, 3.05) is 6.54 Å². The van der Waals surface area contributed by atoms with Crippen molar-refractivity contribution in [2.24, 2.45) is 0 Å². The van der Waals surface area contributed by atoms with Crippen LogP contribution in [-0.2, 0) is 11.2 Å². The van der Waals surface area contributed by atoms with Gasteiger partial charge in [0.1, 0.15) is 5.60 Å². The number of ketones is 1. The standard InChI is InChI=1S/C18H23NO3/c1-18(2,3)22-17(21)19-11-5-4-6-13-7-9-15-14(12-13)8-10-16(15)20/h4,6-7,9,12H,5,8,10-11H2,1-3H3,(H,19,21). The number of amides is 1. The second-order valence-corrected chi connectivity index (χ2v) is 6.46.